The van der Waals surface area contributed by atoms with Gasteiger partial charge in [0.15, 0.2) is 0 Å². The van der Waals surface area contributed by atoms with Crippen LogP contribution in [-0.2, 0) is 9.59 Å². The maximum absolute atomic E-state index is 11.7. The highest BCUT2D eigenvalue weighted by atomic mass is 35.5. The molecule has 0 fully saturated rings. The molecule has 0 radical (unpaired) electrons. The van der Waals surface area contributed by atoms with Gasteiger partial charge in [-0.2, -0.15) is 0 Å². The molecule has 2 N–H and O–H groups in total. The first-order valence-electron chi connectivity index (χ1n) is 5.44. The average molecular weight is 281 g/mol. The van der Waals surface area contributed by atoms with Gasteiger partial charge in [0.25, 0.3) is 0 Å². The molecule has 0 unspecified atom stereocenters. The second-order valence-electron chi connectivity index (χ2n) is 3.80. The number of carbonyl (C=O) groups is 2. The van der Waals surface area contributed by atoms with Crippen LogP contribution in [0.5, 0.6) is 0 Å². The van der Waals surface area contributed by atoms with Crippen molar-refractivity contribution < 1.29 is 14.7 Å². The molecule has 0 saturated carbocycles. The van der Waals surface area contributed by atoms with Gasteiger partial charge in [-0.05, 0) is 24.3 Å². The van der Waals surface area contributed by atoms with Crippen LogP contribution in [0.15, 0.2) is 24.3 Å². The number of aliphatic carboxylic acids is 1. The molecule has 0 bridgehead atoms. The molecular weight excluding hydrogens is 268 g/mol. The van der Waals surface area contributed by atoms with Crippen molar-refractivity contribution in [2.75, 3.05) is 25.0 Å². The van der Waals surface area contributed by atoms with Gasteiger partial charge in [-0.3, -0.25) is 14.5 Å². The monoisotopic (exact) mass is 280 g/mol. The van der Waals surface area contributed by atoms with Gasteiger partial charge < -0.3 is 10.4 Å². The van der Waals surface area contributed by atoms with Crippen molar-refractivity contribution in [2.24, 2.45) is 0 Å². The van der Waals surface area contributed by atoms with Gasteiger partial charge in [-0.15, -0.1) is 6.42 Å². The number of hydrogen-bond donors (Lipinski definition) is 2. The van der Waals surface area contributed by atoms with E-state index in [1.165, 1.54) is 4.90 Å². The Hall–Kier alpha value is -2.03. The molecular formula is C13H13ClN2O3. The van der Waals surface area contributed by atoms with E-state index in [1.807, 2.05) is 0 Å². The Bertz CT molecular complexity index is 494. The van der Waals surface area contributed by atoms with Gasteiger partial charge in [0.05, 0.1) is 19.6 Å². The third-order valence-electron chi connectivity index (χ3n) is 2.17. The summed E-state index contributed by atoms with van der Waals surface area (Å²) in [6.07, 6.45) is 5.12. The van der Waals surface area contributed by atoms with E-state index in [0.717, 1.165) is 0 Å². The number of carboxylic acid groups (broad SMARTS) is 1. The number of benzene rings is 1. The molecule has 0 atom stereocenters. The Balaban J connectivity index is 2.55. The molecule has 0 heterocycles. The maximum atomic E-state index is 11.7. The Morgan fingerprint density at radius 2 is 1.95 bits per heavy atom. The minimum Gasteiger partial charge on any atom is -0.480 e. The zero-order chi connectivity index (χ0) is 14.3. The predicted molar refractivity (Wildman–Crippen MR) is 73.0 cm³/mol. The molecule has 0 aromatic heterocycles. The molecule has 1 amide bonds. The number of nitrogens with zero attached hydrogens (tertiary/aromatic N) is 1. The zero-order valence-electron chi connectivity index (χ0n) is 10.1. The first-order valence-corrected chi connectivity index (χ1v) is 5.82. The number of halogens is 1. The summed E-state index contributed by atoms with van der Waals surface area (Å²) in [5.74, 6) is 0.948. The lowest BCUT2D eigenvalue weighted by Crippen LogP contribution is -2.37. The lowest BCUT2D eigenvalue weighted by Gasteiger charge is -2.16. The molecule has 0 aliphatic carbocycles. The summed E-state index contributed by atoms with van der Waals surface area (Å²) < 4.78 is 0. The van der Waals surface area contributed by atoms with Crippen molar-refractivity contribution in [3.8, 4) is 12.3 Å². The van der Waals surface area contributed by atoms with Gasteiger partial charge in [-0.1, -0.05) is 17.5 Å². The molecule has 0 aliphatic heterocycles. The molecule has 0 aliphatic rings. The Kier molecular flexibility index (Phi) is 5.86. The van der Waals surface area contributed by atoms with Crippen LogP contribution in [0.2, 0.25) is 5.02 Å². The van der Waals surface area contributed by atoms with Gasteiger partial charge in [0, 0.05) is 10.7 Å². The van der Waals surface area contributed by atoms with Crippen LogP contribution in [0.4, 0.5) is 5.69 Å². The fourth-order valence-electron chi connectivity index (χ4n) is 1.42. The van der Waals surface area contributed by atoms with Crippen LogP contribution < -0.4 is 5.32 Å². The Labute approximate surface area is 116 Å². The summed E-state index contributed by atoms with van der Waals surface area (Å²) >= 11 is 5.72. The van der Waals surface area contributed by atoms with Crippen LogP contribution in [0.3, 0.4) is 0 Å². The number of anilines is 1. The molecule has 100 valence electrons. The van der Waals surface area contributed by atoms with Crippen LogP contribution in [0.1, 0.15) is 0 Å². The van der Waals surface area contributed by atoms with Crippen LogP contribution in [0.25, 0.3) is 0 Å². The lowest BCUT2D eigenvalue weighted by atomic mass is 10.3. The van der Waals surface area contributed by atoms with Crippen molar-refractivity contribution in [3.63, 3.8) is 0 Å². The van der Waals surface area contributed by atoms with Crippen LogP contribution in [-0.4, -0.2) is 41.5 Å². The third kappa shape index (κ3) is 5.91. The first kappa shape index (κ1) is 15.0. The first-order chi connectivity index (χ1) is 9.01. The summed E-state index contributed by atoms with van der Waals surface area (Å²) in [6.45, 7) is -0.266. The Morgan fingerprint density at radius 1 is 1.32 bits per heavy atom. The fourth-order valence-corrected chi connectivity index (χ4v) is 1.55. The normalized spacial score (nSPS) is 9.95. The maximum Gasteiger partial charge on any atom is 0.317 e. The number of terminal acetylenes is 1. The molecule has 1 aromatic carbocycles. The summed E-state index contributed by atoms with van der Waals surface area (Å²) in [6, 6.07) is 6.60. The fraction of sp³-hybridized carbons (Fsp3) is 0.231. The lowest BCUT2D eigenvalue weighted by molar-refractivity contribution is -0.138. The molecule has 19 heavy (non-hydrogen) atoms. The average Bonchev–Trinajstić information content (AvgIpc) is 2.31. The van der Waals surface area contributed by atoms with Crippen LogP contribution in [0, 0.1) is 12.3 Å². The third-order valence-corrected chi connectivity index (χ3v) is 2.42. The van der Waals surface area contributed by atoms with E-state index in [9.17, 15) is 9.59 Å². The number of rotatable bonds is 6. The molecule has 0 saturated heterocycles. The van der Waals surface area contributed by atoms with Gasteiger partial charge in [-0.25, -0.2) is 0 Å². The highest BCUT2D eigenvalue weighted by molar-refractivity contribution is 6.30. The van der Waals surface area contributed by atoms with Crippen molar-refractivity contribution in [2.45, 2.75) is 0 Å². The quantitative estimate of drug-likeness (QED) is 0.771. The SMILES string of the molecule is C#CCN(CC(=O)O)CC(=O)Nc1ccc(Cl)cc1. The second-order valence-corrected chi connectivity index (χ2v) is 4.23. The smallest absolute Gasteiger partial charge is 0.317 e. The standard InChI is InChI=1S/C13H13ClN2O3/c1-2-7-16(9-13(18)19)8-12(17)15-11-5-3-10(14)4-6-11/h1,3-6H,7-9H2,(H,15,17)(H,18,19). The summed E-state index contributed by atoms with van der Waals surface area (Å²) in [5.41, 5.74) is 0.588. The molecule has 1 rings (SSSR count). The topological polar surface area (TPSA) is 69.6 Å². The van der Waals surface area contributed by atoms with Gasteiger partial charge in [0.1, 0.15) is 0 Å². The number of amides is 1. The van der Waals surface area contributed by atoms with Crippen LogP contribution >= 0.6 is 11.6 Å². The highest BCUT2D eigenvalue weighted by Gasteiger charge is 2.13. The minimum absolute atomic E-state index is 0.0842. The highest BCUT2D eigenvalue weighted by Crippen LogP contribution is 2.13. The number of hydrogen-bond acceptors (Lipinski definition) is 3. The van der Waals surface area contributed by atoms with Gasteiger partial charge >= 0.3 is 5.97 Å². The largest absolute Gasteiger partial charge is 0.480 e. The van der Waals surface area contributed by atoms with Gasteiger partial charge in [0.2, 0.25) is 5.91 Å². The Morgan fingerprint density at radius 3 is 2.47 bits per heavy atom. The van der Waals surface area contributed by atoms with E-state index in [0.29, 0.717) is 10.7 Å². The zero-order valence-corrected chi connectivity index (χ0v) is 10.9. The molecule has 6 heteroatoms. The number of carboxylic acids is 1. The van der Waals surface area contributed by atoms with Crippen molar-refractivity contribution in [1.29, 1.82) is 0 Å². The van der Waals surface area contributed by atoms with Crippen molar-refractivity contribution in [3.05, 3.63) is 29.3 Å². The van der Waals surface area contributed by atoms with E-state index in [2.05, 4.69) is 11.2 Å². The minimum atomic E-state index is -1.03. The molecule has 0 spiro atoms. The predicted octanol–water partition coefficient (Wildman–Crippen LogP) is 1.30. The van der Waals surface area contributed by atoms with E-state index in [-0.39, 0.29) is 25.5 Å². The molecule has 5 nitrogen and oxygen atoms in total. The summed E-state index contributed by atoms with van der Waals surface area (Å²) in [5, 5.41) is 11.9. The summed E-state index contributed by atoms with van der Waals surface area (Å²) in [4.78, 5) is 23.7. The van der Waals surface area contributed by atoms with E-state index in [4.69, 9.17) is 23.1 Å². The summed E-state index contributed by atoms with van der Waals surface area (Å²) in [7, 11) is 0. The van der Waals surface area contributed by atoms with E-state index < -0.39 is 5.97 Å². The number of nitrogens with one attached hydrogen (secondary N) is 1. The van der Waals surface area contributed by atoms with E-state index >= 15 is 0 Å². The van der Waals surface area contributed by atoms with E-state index in [1.54, 1.807) is 24.3 Å². The van der Waals surface area contributed by atoms with Crippen molar-refractivity contribution >= 4 is 29.2 Å². The molecule has 1 aromatic rings. The van der Waals surface area contributed by atoms with Crippen molar-refractivity contribution in [1.82, 2.24) is 4.90 Å². The number of carbonyl (C=O) groups excluding carboxylic acids is 1. The second kappa shape index (κ2) is 7.41.